The Hall–Kier alpha value is -0.500. The second kappa shape index (κ2) is 3.62. The van der Waals surface area contributed by atoms with Gasteiger partial charge in [-0.15, -0.1) is 11.6 Å². The first-order chi connectivity index (χ1) is 4.83. The summed E-state index contributed by atoms with van der Waals surface area (Å²) in [5.74, 6) is 0.731. The van der Waals surface area contributed by atoms with Crippen LogP contribution in [0.2, 0.25) is 0 Å². The maximum atomic E-state index is 5.53. The average Bonchev–Trinajstić information content (AvgIpc) is 2.31. The van der Waals surface area contributed by atoms with Crippen LogP contribution in [0.3, 0.4) is 0 Å². The molecule has 1 aromatic rings. The Morgan fingerprint density at radius 3 is 3.00 bits per heavy atom. The van der Waals surface area contributed by atoms with Crippen molar-refractivity contribution in [2.75, 3.05) is 5.88 Å². The number of nitrogens with zero attached hydrogens (tertiary/aromatic N) is 2. The van der Waals surface area contributed by atoms with Crippen molar-refractivity contribution in [3.63, 3.8) is 0 Å². The monoisotopic (exact) mass is 158 g/mol. The van der Waals surface area contributed by atoms with E-state index in [1.807, 2.05) is 24.1 Å². The fraction of sp³-hybridized carbons (Fsp3) is 0.571. The smallest absolute Gasteiger partial charge is 0.0521 e. The predicted molar refractivity (Wildman–Crippen MR) is 42.2 cm³/mol. The van der Waals surface area contributed by atoms with E-state index in [9.17, 15) is 0 Å². The maximum absolute atomic E-state index is 5.53. The summed E-state index contributed by atoms with van der Waals surface area (Å²) >= 11 is 5.53. The van der Waals surface area contributed by atoms with Crippen molar-refractivity contribution in [3.05, 3.63) is 18.0 Å². The lowest BCUT2D eigenvalue weighted by atomic mass is 10.2. The molecule has 0 atom stereocenters. The van der Waals surface area contributed by atoms with Crippen LogP contribution in [0.4, 0.5) is 0 Å². The van der Waals surface area contributed by atoms with E-state index in [0.29, 0.717) is 0 Å². The third-order valence-corrected chi connectivity index (χ3v) is 1.62. The van der Waals surface area contributed by atoms with Gasteiger partial charge in [0.15, 0.2) is 0 Å². The minimum Gasteiger partial charge on any atom is -0.276 e. The second-order valence-electron chi connectivity index (χ2n) is 2.31. The Morgan fingerprint density at radius 2 is 2.50 bits per heavy atom. The first-order valence-corrected chi connectivity index (χ1v) is 3.90. The largest absolute Gasteiger partial charge is 0.276 e. The number of aromatic nitrogens is 2. The molecule has 0 saturated carbocycles. The molecule has 0 aliphatic carbocycles. The normalized spacial score (nSPS) is 10.2. The predicted octanol–water partition coefficient (Wildman–Crippen LogP) is 1.59. The van der Waals surface area contributed by atoms with Crippen LogP contribution in [0.25, 0.3) is 0 Å². The number of hydrogen-bond donors (Lipinski definition) is 0. The van der Waals surface area contributed by atoms with Gasteiger partial charge in [0, 0.05) is 19.1 Å². The SMILES string of the molecule is Cn1cc(CCCCl)cn1. The van der Waals surface area contributed by atoms with Gasteiger partial charge in [-0.1, -0.05) is 0 Å². The molecular weight excluding hydrogens is 148 g/mol. The van der Waals surface area contributed by atoms with Crippen LogP contribution >= 0.6 is 11.6 Å². The van der Waals surface area contributed by atoms with E-state index in [2.05, 4.69) is 5.10 Å². The zero-order valence-corrected chi connectivity index (χ0v) is 6.80. The first-order valence-electron chi connectivity index (χ1n) is 3.36. The van der Waals surface area contributed by atoms with E-state index in [1.54, 1.807) is 0 Å². The van der Waals surface area contributed by atoms with Crippen LogP contribution in [-0.2, 0) is 13.5 Å². The van der Waals surface area contributed by atoms with Gasteiger partial charge in [0.25, 0.3) is 0 Å². The molecule has 0 aromatic carbocycles. The summed E-state index contributed by atoms with van der Waals surface area (Å²) in [5.41, 5.74) is 1.27. The van der Waals surface area contributed by atoms with E-state index in [1.165, 1.54) is 5.56 Å². The number of rotatable bonds is 3. The van der Waals surface area contributed by atoms with Gasteiger partial charge < -0.3 is 0 Å². The van der Waals surface area contributed by atoms with Crippen molar-refractivity contribution < 1.29 is 0 Å². The standard InChI is InChI=1S/C7H11ClN2/c1-10-6-7(5-9-10)3-2-4-8/h5-6H,2-4H2,1H3. The molecule has 0 aliphatic heterocycles. The summed E-state index contributed by atoms with van der Waals surface area (Å²) in [6.07, 6.45) is 5.98. The molecule has 0 amide bonds. The molecule has 1 aromatic heterocycles. The van der Waals surface area contributed by atoms with Crippen LogP contribution in [0.5, 0.6) is 0 Å². The third kappa shape index (κ3) is 2.03. The molecule has 0 bridgehead atoms. The summed E-state index contributed by atoms with van der Waals surface area (Å²) in [6, 6.07) is 0. The molecule has 2 nitrogen and oxygen atoms in total. The molecule has 10 heavy (non-hydrogen) atoms. The Kier molecular flexibility index (Phi) is 2.75. The van der Waals surface area contributed by atoms with Crippen molar-refractivity contribution in [1.29, 1.82) is 0 Å². The number of aryl methyl sites for hydroxylation is 2. The van der Waals surface area contributed by atoms with Gasteiger partial charge in [0.1, 0.15) is 0 Å². The van der Waals surface area contributed by atoms with E-state index in [-0.39, 0.29) is 0 Å². The lowest BCUT2D eigenvalue weighted by Crippen LogP contribution is -1.85. The van der Waals surface area contributed by atoms with Crippen LogP contribution in [-0.4, -0.2) is 15.7 Å². The van der Waals surface area contributed by atoms with E-state index < -0.39 is 0 Å². The van der Waals surface area contributed by atoms with Gasteiger partial charge in [-0.05, 0) is 18.4 Å². The van der Waals surface area contributed by atoms with Crippen LogP contribution in [0, 0.1) is 0 Å². The molecule has 3 heteroatoms. The molecule has 1 rings (SSSR count). The molecule has 0 N–H and O–H groups in total. The summed E-state index contributed by atoms with van der Waals surface area (Å²) in [4.78, 5) is 0. The minimum atomic E-state index is 0.731. The second-order valence-corrected chi connectivity index (χ2v) is 2.69. The number of halogens is 1. The van der Waals surface area contributed by atoms with E-state index in [4.69, 9.17) is 11.6 Å². The fourth-order valence-electron chi connectivity index (χ4n) is 0.872. The quantitative estimate of drug-likeness (QED) is 0.611. The highest BCUT2D eigenvalue weighted by Gasteiger charge is 1.93. The maximum Gasteiger partial charge on any atom is 0.0521 e. The Labute approximate surface area is 65.8 Å². The Morgan fingerprint density at radius 1 is 1.70 bits per heavy atom. The van der Waals surface area contributed by atoms with E-state index >= 15 is 0 Å². The Balaban J connectivity index is 2.42. The zero-order valence-electron chi connectivity index (χ0n) is 6.05. The molecule has 56 valence electrons. The lowest BCUT2D eigenvalue weighted by Gasteiger charge is -1.89. The van der Waals surface area contributed by atoms with Crippen LogP contribution < -0.4 is 0 Å². The average molecular weight is 159 g/mol. The molecule has 0 aliphatic rings. The molecule has 0 fully saturated rings. The van der Waals surface area contributed by atoms with Crippen LogP contribution in [0.15, 0.2) is 12.4 Å². The van der Waals surface area contributed by atoms with Crippen molar-refractivity contribution in [3.8, 4) is 0 Å². The van der Waals surface area contributed by atoms with Crippen molar-refractivity contribution in [2.24, 2.45) is 7.05 Å². The van der Waals surface area contributed by atoms with Gasteiger partial charge in [-0.25, -0.2) is 0 Å². The topological polar surface area (TPSA) is 17.8 Å². The van der Waals surface area contributed by atoms with Gasteiger partial charge in [0.2, 0.25) is 0 Å². The first kappa shape index (κ1) is 7.61. The third-order valence-electron chi connectivity index (χ3n) is 1.36. The molecule has 0 unspecified atom stereocenters. The molecule has 0 radical (unpaired) electrons. The fourth-order valence-corrected chi connectivity index (χ4v) is 1.01. The highest BCUT2D eigenvalue weighted by Crippen LogP contribution is 2.00. The number of hydrogen-bond acceptors (Lipinski definition) is 1. The van der Waals surface area contributed by atoms with Gasteiger partial charge in [-0.2, -0.15) is 5.10 Å². The highest BCUT2D eigenvalue weighted by atomic mass is 35.5. The summed E-state index contributed by atoms with van der Waals surface area (Å²) < 4.78 is 1.81. The summed E-state index contributed by atoms with van der Waals surface area (Å²) in [6.45, 7) is 0. The molecule has 1 heterocycles. The molecule has 0 saturated heterocycles. The van der Waals surface area contributed by atoms with Gasteiger partial charge in [-0.3, -0.25) is 4.68 Å². The van der Waals surface area contributed by atoms with Gasteiger partial charge in [0.05, 0.1) is 6.20 Å². The number of alkyl halides is 1. The minimum absolute atomic E-state index is 0.731. The molecule has 0 spiro atoms. The zero-order chi connectivity index (χ0) is 7.40. The Bertz CT molecular complexity index is 195. The van der Waals surface area contributed by atoms with Crippen LogP contribution in [0.1, 0.15) is 12.0 Å². The van der Waals surface area contributed by atoms with Crippen molar-refractivity contribution >= 4 is 11.6 Å². The lowest BCUT2D eigenvalue weighted by molar-refractivity contribution is 0.766. The van der Waals surface area contributed by atoms with Crippen molar-refractivity contribution in [2.45, 2.75) is 12.8 Å². The highest BCUT2D eigenvalue weighted by molar-refractivity contribution is 6.17. The van der Waals surface area contributed by atoms with E-state index in [0.717, 1.165) is 18.7 Å². The van der Waals surface area contributed by atoms with Gasteiger partial charge >= 0.3 is 0 Å². The van der Waals surface area contributed by atoms with Crippen molar-refractivity contribution in [1.82, 2.24) is 9.78 Å². The summed E-state index contributed by atoms with van der Waals surface area (Å²) in [5, 5.41) is 4.04. The summed E-state index contributed by atoms with van der Waals surface area (Å²) in [7, 11) is 1.92. The molecular formula is C7H11ClN2.